The van der Waals surface area contributed by atoms with Gasteiger partial charge in [0.2, 0.25) is 11.8 Å². The zero-order chi connectivity index (χ0) is 22.5. The summed E-state index contributed by atoms with van der Waals surface area (Å²) in [6, 6.07) is 20.1. The first-order valence-electron chi connectivity index (χ1n) is 10.9. The Morgan fingerprint density at radius 1 is 1.12 bits per heavy atom. The number of carbonyl (C=O) groups excluding carboxylic acids is 2. The van der Waals surface area contributed by atoms with Gasteiger partial charge in [-0.05, 0) is 29.7 Å². The van der Waals surface area contributed by atoms with Crippen molar-refractivity contribution in [1.29, 1.82) is 0 Å². The van der Waals surface area contributed by atoms with Crippen molar-refractivity contribution in [2.45, 2.75) is 32.5 Å². The molecule has 7 heteroatoms. The van der Waals surface area contributed by atoms with E-state index in [0.29, 0.717) is 26.2 Å². The van der Waals surface area contributed by atoms with Crippen molar-refractivity contribution in [1.82, 2.24) is 25.3 Å². The first kappa shape index (κ1) is 21.8. The number of aromatic nitrogens is 2. The van der Waals surface area contributed by atoms with Crippen LogP contribution in [0.1, 0.15) is 23.4 Å². The molecule has 0 unspecified atom stereocenters. The molecule has 2 amide bonds. The summed E-state index contributed by atoms with van der Waals surface area (Å²) in [4.78, 5) is 27.2. The quantitative estimate of drug-likeness (QED) is 0.602. The van der Waals surface area contributed by atoms with E-state index >= 15 is 0 Å². The van der Waals surface area contributed by atoms with Gasteiger partial charge < -0.3 is 10.6 Å². The van der Waals surface area contributed by atoms with Crippen molar-refractivity contribution in [3.05, 3.63) is 77.6 Å². The number of rotatable bonds is 7. The van der Waals surface area contributed by atoms with Gasteiger partial charge in [0.1, 0.15) is 0 Å². The summed E-state index contributed by atoms with van der Waals surface area (Å²) in [6.45, 7) is 4.25. The number of carbonyl (C=O) groups is 2. The summed E-state index contributed by atoms with van der Waals surface area (Å²) in [6.07, 6.45) is 0.125. The summed E-state index contributed by atoms with van der Waals surface area (Å²) in [5.41, 5.74) is 5.29. The molecular formula is C25H29N5O2. The maximum absolute atomic E-state index is 12.6. The van der Waals surface area contributed by atoms with Crippen LogP contribution in [0.15, 0.2) is 60.7 Å². The number of aryl methyl sites for hydroxylation is 2. The zero-order valence-corrected chi connectivity index (χ0v) is 18.5. The molecule has 2 aromatic carbocycles. The van der Waals surface area contributed by atoms with Crippen molar-refractivity contribution in [2.75, 3.05) is 13.1 Å². The number of nitrogens with zero attached hydrogens (tertiary/aromatic N) is 3. The Bertz CT molecular complexity index is 1060. The second-order valence-electron chi connectivity index (χ2n) is 8.22. The molecule has 4 rings (SSSR count). The molecule has 0 radical (unpaired) electrons. The molecule has 1 aliphatic heterocycles. The largest absolute Gasteiger partial charge is 0.353 e. The van der Waals surface area contributed by atoms with Crippen molar-refractivity contribution in [2.24, 2.45) is 7.05 Å². The molecule has 166 valence electrons. The van der Waals surface area contributed by atoms with E-state index in [4.69, 9.17) is 0 Å². The van der Waals surface area contributed by atoms with E-state index in [2.05, 4.69) is 57.0 Å². The molecule has 32 heavy (non-hydrogen) atoms. The molecular weight excluding hydrogens is 402 g/mol. The third kappa shape index (κ3) is 5.23. The van der Waals surface area contributed by atoms with E-state index in [1.807, 2.05) is 38.2 Å². The maximum Gasteiger partial charge on any atom is 0.237 e. The zero-order valence-electron chi connectivity index (χ0n) is 18.5. The SMILES string of the molecule is Cc1cc(CNC(=O)C[C@H]2C(=O)NCCN2Cc2ccc(-c3ccccc3)cc2)nn1C. The highest BCUT2D eigenvalue weighted by Crippen LogP contribution is 2.21. The molecule has 1 atom stereocenters. The van der Waals surface area contributed by atoms with Gasteiger partial charge in [0.05, 0.1) is 24.7 Å². The van der Waals surface area contributed by atoms with Crippen LogP contribution in [0.4, 0.5) is 0 Å². The first-order chi connectivity index (χ1) is 15.5. The van der Waals surface area contributed by atoms with Crippen LogP contribution in [-0.2, 0) is 29.7 Å². The molecule has 1 aromatic heterocycles. The molecule has 0 bridgehead atoms. The summed E-state index contributed by atoms with van der Waals surface area (Å²) < 4.78 is 1.78. The van der Waals surface area contributed by atoms with Crippen LogP contribution in [0.25, 0.3) is 11.1 Å². The molecule has 3 aromatic rings. The molecule has 1 fully saturated rings. The molecule has 1 saturated heterocycles. The normalized spacial score (nSPS) is 16.6. The van der Waals surface area contributed by atoms with E-state index in [-0.39, 0.29) is 18.2 Å². The number of hydrogen-bond donors (Lipinski definition) is 2. The molecule has 0 saturated carbocycles. The second kappa shape index (κ2) is 9.78. The highest BCUT2D eigenvalue weighted by molar-refractivity contribution is 5.88. The van der Waals surface area contributed by atoms with Gasteiger partial charge in [-0.1, -0.05) is 54.6 Å². The lowest BCUT2D eigenvalue weighted by Gasteiger charge is -2.34. The first-order valence-corrected chi connectivity index (χ1v) is 10.9. The lowest BCUT2D eigenvalue weighted by atomic mass is 10.0. The maximum atomic E-state index is 12.6. The Labute approximate surface area is 188 Å². The third-order valence-electron chi connectivity index (χ3n) is 5.90. The van der Waals surface area contributed by atoms with Gasteiger partial charge in [0, 0.05) is 32.4 Å². The minimum atomic E-state index is -0.483. The fourth-order valence-electron chi connectivity index (χ4n) is 4.00. The lowest BCUT2D eigenvalue weighted by molar-refractivity contribution is -0.134. The van der Waals surface area contributed by atoms with Crippen LogP contribution in [0.2, 0.25) is 0 Å². The number of nitrogens with one attached hydrogen (secondary N) is 2. The minimum Gasteiger partial charge on any atom is -0.353 e. The fraction of sp³-hybridized carbons (Fsp3) is 0.320. The van der Waals surface area contributed by atoms with Gasteiger partial charge in [-0.25, -0.2) is 0 Å². The number of amides is 2. The molecule has 7 nitrogen and oxygen atoms in total. The summed E-state index contributed by atoms with van der Waals surface area (Å²) in [7, 11) is 1.87. The van der Waals surface area contributed by atoms with Crippen LogP contribution in [0.5, 0.6) is 0 Å². The van der Waals surface area contributed by atoms with Crippen LogP contribution in [0.3, 0.4) is 0 Å². The van der Waals surface area contributed by atoms with Crippen LogP contribution >= 0.6 is 0 Å². The standard InChI is InChI=1S/C25H29N5O2/c1-18-14-22(28-29(18)2)16-27-24(31)15-23-25(32)26-12-13-30(23)17-19-8-10-21(11-9-19)20-6-4-3-5-7-20/h3-11,14,23H,12-13,15-17H2,1-2H3,(H,26,32)(H,27,31)/t23-/m0/s1. The van der Waals surface area contributed by atoms with E-state index in [1.54, 1.807) is 4.68 Å². The van der Waals surface area contributed by atoms with Gasteiger partial charge in [-0.3, -0.25) is 19.2 Å². The Hall–Kier alpha value is -3.45. The molecule has 0 spiro atoms. The predicted molar refractivity (Wildman–Crippen MR) is 123 cm³/mol. The van der Waals surface area contributed by atoms with E-state index < -0.39 is 6.04 Å². The minimum absolute atomic E-state index is 0.0963. The van der Waals surface area contributed by atoms with Gasteiger partial charge >= 0.3 is 0 Å². The monoisotopic (exact) mass is 431 g/mol. The summed E-state index contributed by atoms with van der Waals surface area (Å²) in [5.74, 6) is -0.249. The Morgan fingerprint density at radius 3 is 2.53 bits per heavy atom. The van der Waals surface area contributed by atoms with Crippen molar-refractivity contribution >= 4 is 11.8 Å². The lowest BCUT2D eigenvalue weighted by Crippen LogP contribution is -2.56. The molecule has 1 aliphatic rings. The average molecular weight is 432 g/mol. The summed E-state index contributed by atoms with van der Waals surface area (Å²) in [5, 5.41) is 10.1. The molecule has 2 N–H and O–H groups in total. The number of piperazine rings is 1. The highest BCUT2D eigenvalue weighted by atomic mass is 16.2. The van der Waals surface area contributed by atoms with Gasteiger partial charge in [0.25, 0.3) is 0 Å². The van der Waals surface area contributed by atoms with Crippen molar-refractivity contribution in [3.8, 4) is 11.1 Å². The Kier molecular flexibility index (Phi) is 6.66. The topological polar surface area (TPSA) is 79.3 Å². The van der Waals surface area contributed by atoms with Crippen LogP contribution < -0.4 is 10.6 Å². The summed E-state index contributed by atoms with van der Waals surface area (Å²) >= 11 is 0. The van der Waals surface area contributed by atoms with Crippen LogP contribution in [-0.4, -0.2) is 45.6 Å². The number of hydrogen-bond acceptors (Lipinski definition) is 4. The fourth-order valence-corrected chi connectivity index (χ4v) is 4.00. The van der Waals surface area contributed by atoms with Gasteiger partial charge in [0.15, 0.2) is 0 Å². The predicted octanol–water partition coefficient (Wildman–Crippen LogP) is 2.40. The highest BCUT2D eigenvalue weighted by Gasteiger charge is 2.31. The third-order valence-corrected chi connectivity index (χ3v) is 5.90. The average Bonchev–Trinajstić information content (AvgIpc) is 3.13. The number of benzene rings is 2. The molecule has 0 aliphatic carbocycles. The van der Waals surface area contributed by atoms with Crippen molar-refractivity contribution < 1.29 is 9.59 Å². The van der Waals surface area contributed by atoms with E-state index in [1.165, 1.54) is 5.56 Å². The molecule has 2 heterocycles. The second-order valence-corrected chi connectivity index (χ2v) is 8.22. The van der Waals surface area contributed by atoms with Crippen LogP contribution in [0, 0.1) is 6.92 Å². The Morgan fingerprint density at radius 2 is 1.84 bits per heavy atom. The van der Waals surface area contributed by atoms with Gasteiger partial charge in [-0.2, -0.15) is 5.10 Å². The Balaban J connectivity index is 1.37. The van der Waals surface area contributed by atoms with E-state index in [0.717, 1.165) is 22.5 Å². The smallest absolute Gasteiger partial charge is 0.237 e. The van der Waals surface area contributed by atoms with E-state index in [9.17, 15) is 9.59 Å². The van der Waals surface area contributed by atoms with Crippen molar-refractivity contribution in [3.63, 3.8) is 0 Å². The van der Waals surface area contributed by atoms with Gasteiger partial charge in [-0.15, -0.1) is 0 Å².